The van der Waals surface area contributed by atoms with Gasteiger partial charge in [-0.3, -0.25) is 4.79 Å². The lowest BCUT2D eigenvalue weighted by Crippen LogP contribution is -2.32. The Morgan fingerprint density at radius 2 is 2.12 bits per heavy atom. The normalized spacial score (nSPS) is 18.1. The van der Waals surface area contributed by atoms with Crippen LogP contribution >= 0.6 is 11.8 Å². The molecule has 0 aliphatic heterocycles. The average molecular weight is 344 g/mol. The van der Waals surface area contributed by atoms with E-state index in [2.05, 4.69) is 12.2 Å². The van der Waals surface area contributed by atoms with E-state index in [1.807, 2.05) is 43.3 Å². The monoisotopic (exact) mass is 344 g/mol. The van der Waals surface area contributed by atoms with Crippen LogP contribution in [0.15, 0.2) is 54.1 Å². The van der Waals surface area contributed by atoms with Gasteiger partial charge in [-0.2, -0.15) is 0 Å². The van der Waals surface area contributed by atoms with Crippen LogP contribution in [-0.2, 0) is 20.9 Å². The number of carbonyl (C=O) groups is 2. The summed E-state index contributed by atoms with van der Waals surface area (Å²) in [5.74, 6) is 0.349. The molecule has 0 bridgehead atoms. The molecule has 1 aromatic rings. The maximum absolute atomic E-state index is 12.7. The minimum Gasteiger partial charge on any atom is -0.460 e. The zero-order valence-corrected chi connectivity index (χ0v) is 14.9. The van der Waals surface area contributed by atoms with Crippen molar-refractivity contribution in [3.8, 4) is 0 Å². The lowest BCUT2D eigenvalue weighted by atomic mass is 9.98. The van der Waals surface area contributed by atoms with Gasteiger partial charge in [-0.25, -0.2) is 0 Å². The summed E-state index contributed by atoms with van der Waals surface area (Å²) in [6, 6.07) is 9.66. The molecule has 0 radical (unpaired) electrons. The van der Waals surface area contributed by atoms with Crippen molar-refractivity contribution in [2.45, 2.75) is 44.0 Å². The second kappa shape index (κ2) is 9.48. The predicted molar refractivity (Wildman–Crippen MR) is 98.9 cm³/mol. The lowest BCUT2D eigenvalue weighted by Gasteiger charge is -2.25. The van der Waals surface area contributed by atoms with Gasteiger partial charge in [0.2, 0.25) is 0 Å². The summed E-state index contributed by atoms with van der Waals surface area (Å²) in [7, 11) is 0. The van der Waals surface area contributed by atoms with Crippen LogP contribution in [0.2, 0.25) is 0 Å². The van der Waals surface area contributed by atoms with Crippen LogP contribution in [0.3, 0.4) is 0 Å². The van der Waals surface area contributed by atoms with Crippen LogP contribution in [0, 0.1) is 0 Å². The molecule has 0 amide bonds. The molecule has 0 fully saturated rings. The molecule has 1 aromatic carbocycles. The van der Waals surface area contributed by atoms with Crippen molar-refractivity contribution in [2.75, 3.05) is 5.75 Å². The second-order valence-electron chi connectivity index (χ2n) is 5.99. The molecular weight excluding hydrogens is 320 g/mol. The third-order valence-electron chi connectivity index (χ3n) is 3.88. The summed E-state index contributed by atoms with van der Waals surface area (Å²) in [5, 5.41) is 0. The largest absolute Gasteiger partial charge is 0.460 e. The lowest BCUT2D eigenvalue weighted by molar-refractivity contribution is -0.146. The number of hydrogen-bond acceptors (Lipinski definition) is 4. The molecule has 0 N–H and O–H groups in total. The van der Waals surface area contributed by atoms with Gasteiger partial charge in [0.25, 0.3) is 0 Å². The number of aldehydes is 1. The van der Waals surface area contributed by atoms with Crippen molar-refractivity contribution in [1.29, 1.82) is 0 Å². The minimum absolute atomic E-state index is 0.256. The number of ether oxygens (including phenoxy) is 1. The van der Waals surface area contributed by atoms with E-state index < -0.39 is 4.75 Å². The van der Waals surface area contributed by atoms with Crippen LogP contribution in [0.5, 0.6) is 0 Å². The molecule has 0 aromatic heterocycles. The molecule has 1 atom stereocenters. The van der Waals surface area contributed by atoms with Gasteiger partial charge < -0.3 is 9.53 Å². The van der Waals surface area contributed by atoms with Crippen molar-refractivity contribution in [3.05, 3.63) is 59.7 Å². The van der Waals surface area contributed by atoms with E-state index in [9.17, 15) is 9.59 Å². The van der Waals surface area contributed by atoms with Crippen LogP contribution in [0.4, 0.5) is 0 Å². The van der Waals surface area contributed by atoms with E-state index in [1.54, 1.807) is 0 Å². The molecule has 0 spiro atoms. The number of carbonyl (C=O) groups excluding carboxylic acids is 2. The Bertz CT molecular complexity index is 607. The smallest absolute Gasteiger partial charge is 0.326 e. The number of thioether (sulfide) groups is 1. The standard InChI is InChI=1S/C20H24O3S/c1-20(24-14-8-13-21,15-17-9-4-2-5-10-17)19(22)23-16-18-11-6-3-7-12-18/h3-4,6-7,9,11-13,15H,2,5,8,10,14,16H2,1H3/b17-15-/t20-/m0/s1. The fraction of sp³-hybridized carbons (Fsp3) is 0.400. The summed E-state index contributed by atoms with van der Waals surface area (Å²) in [6.07, 6.45) is 10.7. The summed E-state index contributed by atoms with van der Waals surface area (Å²) >= 11 is 1.47. The molecule has 0 saturated heterocycles. The average Bonchev–Trinajstić information content (AvgIpc) is 2.61. The van der Waals surface area contributed by atoms with Crippen molar-refractivity contribution in [1.82, 2.24) is 0 Å². The van der Waals surface area contributed by atoms with E-state index in [0.717, 1.165) is 31.1 Å². The van der Waals surface area contributed by atoms with E-state index >= 15 is 0 Å². The first kappa shape index (κ1) is 18.5. The first-order chi connectivity index (χ1) is 11.6. The molecular formula is C20H24O3S. The Balaban J connectivity index is 2.08. The van der Waals surface area contributed by atoms with Crippen LogP contribution in [0.25, 0.3) is 0 Å². The Morgan fingerprint density at radius 1 is 1.33 bits per heavy atom. The van der Waals surface area contributed by atoms with Gasteiger partial charge in [0, 0.05) is 12.2 Å². The Kier molecular flexibility index (Phi) is 7.32. The highest BCUT2D eigenvalue weighted by Crippen LogP contribution is 2.32. The van der Waals surface area contributed by atoms with Crippen LogP contribution in [-0.4, -0.2) is 22.8 Å². The third-order valence-corrected chi connectivity index (χ3v) is 5.21. The minimum atomic E-state index is -0.769. The second-order valence-corrected chi connectivity index (χ2v) is 7.53. The highest BCUT2D eigenvalue weighted by Gasteiger charge is 2.33. The zero-order chi connectivity index (χ0) is 17.3. The molecule has 3 nitrogen and oxygen atoms in total. The highest BCUT2D eigenvalue weighted by atomic mass is 32.2. The van der Waals surface area contributed by atoms with Gasteiger partial charge in [-0.15, -0.1) is 11.8 Å². The van der Waals surface area contributed by atoms with Crippen molar-refractivity contribution in [2.24, 2.45) is 0 Å². The van der Waals surface area contributed by atoms with Crippen LogP contribution in [0.1, 0.15) is 38.2 Å². The first-order valence-electron chi connectivity index (χ1n) is 8.31. The number of allylic oxidation sites excluding steroid dienone is 3. The van der Waals surface area contributed by atoms with Crippen molar-refractivity contribution < 1.29 is 14.3 Å². The maximum Gasteiger partial charge on any atom is 0.326 e. The quantitative estimate of drug-likeness (QED) is 0.396. The molecule has 0 unspecified atom stereocenters. The number of esters is 1. The Labute approximate surface area is 148 Å². The molecule has 4 heteroatoms. The molecule has 1 aliphatic rings. The van der Waals surface area contributed by atoms with Crippen molar-refractivity contribution >= 4 is 24.0 Å². The molecule has 24 heavy (non-hydrogen) atoms. The van der Waals surface area contributed by atoms with E-state index in [-0.39, 0.29) is 12.6 Å². The van der Waals surface area contributed by atoms with Gasteiger partial charge in [-0.05, 0) is 31.7 Å². The number of benzene rings is 1. The topological polar surface area (TPSA) is 43.4 Å². The molecule has 0 heterocycles. The molecule has 128 valence electrons. The maximum atomic E-state index is 12.7. The van der Waals surface area contributed by atoms with Gasteiger partial charge in [0.15, 0.2) is 0 Å². The van der Waals surface area contributed by atoms with E-state index in [1.165, 1.54) is 17.3 Å². The summed E-state index contributed by atoms with van der Waals surface area (Å²) in [6.45, 7) is 2.15. The third kappa shape index (κ3) is 5.68. The van der Waals surface area contributed by atoms with E-state index in [0.29, 0.717) is 12.2 Å². The van der Waals surface area contributed by atoms with Crippen molar-refractivity contribution in [3.63, 3.8) is 0 Å². The molecule has 0 saturated carbocycles. The van der Waals surface area contributed by atoms with Crippen LogP contribution < -0.4 is 0 Å². The first-order valence-corrected chi connectivity index (χ1v) is 9.29. The Hall–Kier alpha value is -1.81. The van der Waals surface area contributed by atoms with Gasteiger partial charge in [0.1, 0.15) is 17.6 Å². The highest BCUT2D eigenvalue weighted by molar-refractivity contribution is 8.01. The number of hydrogen-bond donors (Lipinski definition) is 0. The summed E-state index contributed by atoms with van der Waals surface area (Å²) in [5.41, 5.74) is 2.13. The summed E-state index contributed by atoms with van der Waals surface area (Å²) < 4.78 is 4.78. The fourth-order valence-corrected chi connectivity index (χ4v) is 3.61. The van der Waals surface area contributed by atoms with Gasteiger partial charge in [0.05, 0.1) is 0 Å². The SMILES string of the molecule is C[C@@](/C=C1/C=CCCC1)(SCCC=O)C(=O)OCc1ccccc1. The zero-order valence-electron chi connectivity index (χ0n) is 14.1. The summed E-state index contributed by atoms with van der Waals surface area (Å²) in [4.78, 5) is 23.3. The molecule has 2 rings (SSSR count). The van der Waals surface area contributed by atoms with Gasteiger partial charge >= 0.3 is 5.97 Å². The van der Waals surface area contributed by atoms with E-state index in [4.69, 9.17) is 4.74 Å². The fourth-order valence-electron chi connectivity index (χ4n) is 2.56. The predicted octanol–water partition coefficient (Wildman–Crippen LogP) is 4.48. The number of rotatable bonds is 8. The Morgan fingerprint density at radius 3 is 2.79 bits per heavy atom. The van der Waals surface area contributed by atoms with Gasteiger partial charge in [-0.1, -0.05) is 54.1 Å². The molecule has 1 aliphatic carbocycles.